The van der Waals surface area contributed by atoms with Gasteiger partial charge in [-0.25, -0.2) is 0 Å². The van der Waals surface area contributed by atoms with Crippen LogP contribution in [0, 0.1) is 10.1 Å². The minimum Gasteiger partial charge on any atom is -0.387 e. The first-order valence-electron chi connectivity index (χ1n) is 7.39. The molecule has 0 aromatic heterocycles. The molecule has 1 aromatic rings. The van der Waals surface area contributed by atoms with Crippen molar-refractivity contribution in [2.45, 2.75) is 18.9 Å². The van der Waals surface area contributed by atoms with Gasteiger partial charge in [0.15, 0.2) is 0 Å². The van der Waals surface area contributed by atoms with Crippen molar-refractivity contribution in [2.75, 3.05) is 39.8 Å². The van der Waals surface area contributed by atoms with Crippen LogP contribution in [0.15, 0.2) is 24.3 Å². The van der Waals surface area contributed by atoms with Crippen molar-refractivity contribution < 1.29 is 10.0 Å². The minimum atomic E-state index is -0.700. The van der Waals surface area contributed by atoms with E-state index in [4.69, 9.17) is 0 Å². The summed E-state index contributed by atoms with van der Waals surface area (Å²) in [5, 5.41) is 21.0. The Morgan fingerprint density at radius 3 is 2.81 bits per heavy atom. The average Bonchev–Trinajstić information content (AvgIpc) is 2.98. The van der Waals surface area contributed by atoms with E-state index in [2.05, 4.69) is 9.80 Å². The summed E-state index contributed by atoms with van der Waals surface area (Å²) in [7, 11) is 1.97. The van der Waals surface area contributed by atoms with E-state index in [-0.39, 0.29) is 5.69 Å². The van der Waals surface area contributed by atoms with Crippen LogP contribution < -0.4 is 0 Å². The monoisotopic (exact) mass is 293 g/mol. The van der Waals surface area contributed by atoms with Crippen LogP contribution >= 0.6 is 0 Å². The number of aliphatic hydroxyl groups excluding tert-OH is 1. The number of aliphatic hydroxyl groups is 1. The molecule has 1 aliphatic rings. The topological polar surface area (TPSA) is 69.8 Å². The molecule has 0 spiro atoms. The van der Waals surface area contributed by atoms with E-state index in [1.165, 1.54) is 38.1 Å². The van der Waals surface area contributed by atoms with Crippen molar-refractivity contribution in [3.05, 3.63) is 39.9 Å². The molecule has 1 heterocycles. The first kappa shape index (κ1) is 15.9. The Hall–Kier alpha value is -1.50. The lowest BCUT2D eigenvalue weighted by Gasteiger charge is -2.23. The van der Waals surface area contributed by atoms with Gasteiger partial charge in [0, 0.05) is 31.8 Å². The highest BCUT2D eigenvalue weighted by Gasteiger charge is 2.16. The SMILES string of the molecule is CN(CCN1CCCC1)CC(O)c1cccc([N+](=O)[O-])c1. The van der Waals surface area contributed by atoms with Crippen LogP contribution in [0.5, 0.6) is 0 Å². The second-order valence-corrected chi connectivity index (χ2v) is 5.68. The molecule has 116 valence electrons. The summed E-state index contributed by atoms with van der Waals surface area (Å²) in [5.41, 5.74) is 0.614. The zero-order valence-electron chi connectivity index (χ0n) is 12.4. The van der Waals surface area contributed by atoms with Gasteiger partial charge in [-0.3, -0.25) is 10.1 Å². The predicted octanol–water partition coefficient (Wildman–Crippen LogP) is 1.66. The number of likely N-dealkylation sites (tertiary alicyclic amines) is 1. The highest BCUT2D eigenvalue weighted by molar-refractivity contribution is 5.35. The summed E-state index contributed by atoms with van der Waals surface area (Å²) < 4.78 is 0. The third kappa shape index (κ3) is 4.77. The van der Waals surface area contributed by atoms with Crippen LogP contribution in [-0.4, -0.2) is 59.6 Å². The maximum absolute atomic E-state index is 10.8. The number of likely N-dealkylation sites (N-methyl/N-ethyl adjacent to an activating group) is 1. The maximum Gasteiger partial charge on any atom is 0.269 e. The zero-order chi connectivity index (χ0) is 15.2. The second-order valence-electron chi connectivity index (χ2n) is 5.68. The largest absolute Gasteiger partial charge is 0.387 e. The summed E-state index contributed by atoms with van der Waals surface area (Å²) in [6.07, 6.45) is 1.86. The van der Waals surface area contributed by atoms with Crippen LogP contribution in [0.3, 0.4) is 0 Å². The number of benzene rings is 1. The van der Waals surface area contributed by atoms with Crippen molar-refractivity contribution in [1.82, 2.24) is 9.80 Å². The van der Waals surface area contributed by atoms with Crippen molar-refractivity contribution in [1.29, 1.82) is 0 Å². The molecule has 1 N–H and O–H groups in total. The fourth-order valence-corrected chi connectivity index (χ4v) is 2.66. The lowest BCUT2D eigenvalue weighted by atomic mass is 10.1. The average molecular weight is 293 g/mol. The van der Waals surface area contributed by atoms with Crippen LogP contribution in [0.4, 0.5) is 5.69 Å². The molecule has 1 fully saturated rings. The molecular formula is C15H23N3O3. The van der Waals surface area contributed by atoms with Gasteiger partial charge in [-0.15, -0.1) is 0 Å². The molecule has 1 aliphatic heterocycles. The van der Waals surface area contributed by atoms with E-state index in [0.29, 0.717) is 12.1 Å². The van der Waals surface area contributed by atoms with Gasteiger partial charge in [-0.05, 0) is 38.5 Å². The summed E-state index contributed by atoms with van der Waals surface area (Å²) in [6.45, 7) is 4.72. The van der Waals surface area contributed by atoms with Crippen LogP contribution in [0.2, 0.25) is 0 Å². The van der Waals surface area contributed by atoms with Crippen LogP contribution in [0.1, 0.15) is 24.5 Å². The van der Waals surface area contributed by atoms with E-state index in [1.54, 1.807) is 12.1 Å². The molecule has 1 saturated heterocycles. The Morgan fingerprint density at radius 1 is 1.43 bits per heavy atom. The summed E-state index contributed by atoms with van der Waals surface area (Å²) >= 11 is 0. The number of nitrogens with zero attached hydrogens (tertiary/aromatic N) is 3. The van der Waals surface area contributed by atoms with Gasteiger partial charge < -0.3 is 14.9 Å². The molecule has 6 heteroatoms. The molecule has 1 aromatic carbocycles. The van der Waals surface area contributed by atoms with E-state index in [0.717, 1.165) is 13.1 Å². The third-order valence-corrected chi connectivity index (χ3v) is 3.95. The first-order chi connectivity index (χ1) is 10.1. The van der Waals surface area contributed by atoms with Crippen LogP contribution in [-0.2, 0) is 0 Å². The van der Waals surface area contributed by atoms with Gasteiger partial charge in [0.25, 0.3) is 5.69 Å². The molecule has 0 aliphatic carbocycles. The predicted molar refractivity (Wildman–Crippen MR) is 81.2 cm³/mol. The highest BCUT2D eigenvalue weighted by Crippen LogP contribution is 2.19. The van der Waals surface area contributed by atoms with Crippen molar-refractivity contribution in [3.63, 3.8) is 0 Å². The zero-order valence-corrected chi connectivity index (χ0v) is 12.4. The molecule has 0 saturated carbocycles. The lowest BCUT2D eigenvalue weighted by Crippen LogP contribution is -2.33. The second kappa shape index (κ2) is 7.49. The Balaban J connectivity index is 1.83. The number of rotatable bonds is 7. The first-order valence-corrected chi connectivity index (χ1v) is 7.39. The van der Waals surface area contributed by atoms with Gasteiger partial charge in [-0.1, -0.05) is 12.1 Å². The van der Waals surface area contributed by atoms with Crippen molar-refractivity contribution in [3.8, 4) is 0 Å². The molecule has 1 atom stereocenters. The summed E-state index contributed by atoms with van der Waals surface area (Å²) in [5.74, 6) is 0. The number of hydrogen-bond acceptors (Lipinski definition) is 5. The van der Waals surface area contributed by atoms with E-state index >= 15 is 0 Å². The normalized spacial score (nSPS) is 17.3. The van der Waals surface area contributed by atoms with Gasteiger partial charge in [0.2, 0.25) is 0 Å². The van der Waals surface area contributed by atoms with Gasteiger partial charge >= 0.3 is 0 Å². The van der Waals surface area contributed by atoms with E-state index in [9.17, 15) is 15.2 Å². The van der Waals surface area contributed by atoms with Gasteiger partial charge in [0.05, 0.1) is 11.0 Å². The number of nitro groups is 1. The van der Waals surface area contributed by atoms with Gasteiger partial charge in [0.1, 0.15) is 0 Å². The van der Waals surface area contributed by atoms with Crippen LogP contribution in [0.25, 0.3) is 0 Å². The third-order valence-electron chi connectivity index (χ3n) is 3.95. The van der Waals surface area contributed by atoms with Crippen molar-refractivity contribution in [2.24, 2.45) is 0 Å². The Kier molecular flexibility index (Phi) is 5.67. The maximum atomic E-state index is 10.8. The van der Waals surface area contributed by atoms with Gasteiger partial charge in [-0.2, -0.15) is 0 Å². The summed E-state index contributed by atoms with van der Waals surface area (Å²) in [4.78, 5) is 14.8. The van der Waals surface area contributed by atoms with E-state index in [1.807, 2.05) is 7.05 Å². The molecule has 6 nitrogen and oxygen atoms in total. The standard InChI is InChI=1S/C15H23N3O3/c1-16(9-10-17-7-2-3-8-17)12-15(19)13-5-4-6-14(11-13)18(20)21/h4-6,11,15,19H,2-3,7-10,12H2,1H3. The molecule has 0 bridgehead atoms. The Bertz CT molecular complexity index is 475. The summed E-state index contributed by atoms with van der Waals surface area (Å²) in [6, 6.07) is 6.22. The molecule has 0 amide bonds. The Labute approximate surface area is 125 Å². The minimum absolute atomic E-state index is 0.0197. The fraction of sp³-hybridized carbons (Fsp3) is 0.600. The molecule has 1 unspecified atom stereocenters. The highest BCUT2D eigenvalue weighted by atomic mass is 16.6. The smallest absolute Gasteiger partial charge is 0.269 e. The Morgan fingerprint density at radius 2 is 2.14 bits per heavy atom. The number of nitro benzene ring substituents is 1. The molecule has 21 heavy (non-hydrogen) atoms. The molecular weight excluding hydrogens is 270 g/mol. The quantitative estimate of drug-likeness (QED) is 0.611. The fourth-order valence-electron chi connectivity index (χ4n) is 2.66. The lowest BCUT2D eigenvalue weighted by molar-refractivity contribution is -0.385. The van der Waals surface area contributed by atoms with E-state index < -0.39 is 11.0 Å². The molecule has 0 radical (unpaired) electrons. The van der Waals surface area contributed by atoms with Crippen molar-refractivity contribution >= 4 is 5.69 Å². The molecule has 2 rings (SSSR count). The number of hydrogen-bond donors (Lipinski definition) is 1. The number of non-ortho nitro benzene ring substituents is 1.